The van der Waals surface area contributed by atoms with Gasteiger partial charge in [-0.25, -0.2) is 4.98 Å². The van der Waals surface area contributed by atoms with Crippen molar-refractivity contribution in [2.24, 2.45) is 0 Å². The third-order valence-corrected chi connectivity index (χ3v) is 3.83. The van der Waals surface area contributed by atoms with E-state index in [-0.39, 0.29) is 11.9 Å². The van der Waals surface area contributed by atoms with Gasteiger partial charge in [0.25, 0.3) is 0 Å². The number of rotatable bonds is 5. The lowest BCUT2D eigenvalue weighted by Gasteiger charge is -2.10. The molecule has 0 aliphatic carbocycles. The van der Waals surface area contributed by atoms with Gasteiger partial charge in [-0.2, -0.15) is 0 Å². The van der Waals surface area contributed by atoms with Crippen LogP contribution in [-0.4, -0.2) is 16.9 Å². The van der Waals surface area contributed by atoms with Crippen molar-refractivity contribution < 1.29 is 9.53 Å². The van der Waals surface area contributed by atoms with E-state index in [0.717, 1.165) is 16.7 Å². The highest BCUT2D eigenvalue weighted by Crippen LogP contribution is 2.31. The smallest absolute Gasteiger partial charge is 0.219 e. The largest absolute Gasteiger partial charge is 0.437 e. The molecule has 0 saturated carbocycles. The lowest BCUT2D eigenvalue weighted by atomic mass is 10.1. The summed E-state index contributed by atoms with van der Waals surface area (Å²) in [7, 11) is 0. The second-order valence-corrected chi connectivity index (χ2v) is 6.15. The normalized spacial score (nSPS) is 12.2. The van der Waals surface area contributed by atoms with Gasteiger partial charge in [0.05, 0.1) is 5.02 Å². The predicted octanol–water partition coefficient (Wildman–Crippen LogP) is 4.68. The molecule has 1 atom stereocenters. The average Bonchev–Trinajstić information content (AvgIpc) is 2.51. The summed E-state index contributed by atoms with van der Waals surface area (Å²) in [4.78, 5) is 15.3. The second kappa shape index (κ2) is 7.97. The van der Waals surface area contributed by atoms with Crippen LogP contribution in [0, 0.1) is 13.8 Å². The Morgan fingerprint density at radius 3 is 2.62 bits per heavy atom. The van der Waals surface area contributed by atoms with Crippen LogP contribution in [0.25, 0.3) is 6.08 Å². The van der Waals surface area contributed by atoms with E-state index in [1.807, 2.05) is 51.1 Å². The number of pyridine rings is 1. The molecule has 0 spiro atoms. The summed E-state index contributed by atoms with van der Waals surface area (Å²) in [5.74, 6) is 1.02. The van der Waals surface area contributed by atoms with Crippen molar-refractivity contribution in [3.05, 3.63) is 58.3 Å². The molecule has 0 radical (unpaired) electrons. The number of carbonyl (C=O) groups excluding carboxylic acids is 1. The van der Waals surface area contributed by atoms with Gasteiger partial charge in [-0.05, 0) is 55.7 Å². The first-order valence-corrected chi connectivity index (χ1v) is 8.09. The summed E-state index contributed by atoms with van der Waals surface area (Å²) in [6.07, 6.45) is 5.51. The number of aromatic nitrogens is 1. The van der Waals surface area contributed by atoms with E-state index < -0.39 is 0 Å². The van der Waals surface area contributed by atoms with E-state index >= 15 is 0 Å². The summed E-state index contributed by atoms with van der Waals surface area (Å²) < 4.78 is 5.75. The molecule has 0 unspecified atom stereocenters. The number of aryl methyl sites for hydroxylation is 2. The third-order valence-electron chi connectivity index (χ3n) is 3.53. The molecule has 126 valence electrons. The number of amides is 1. The van der Waals surface area contributed by atoms with Crippen LogP contribution in [0.15, 0.2) is 36.5 Å². The maximum absolute atomic E-state index is 11.0. The zero-order valence-electron chi connectivity index (χ0n) is 14.3. The molecule has 2 aromatic rings. The Bertz CT molecular complexity index is 755. The van der Waals surface area contributed by atoms with E-state index in [0.29, 0.717) is 16.7 Å². The number of hydrogen-bond acceptors (Lipinski definition) is 3. The first-order valence-electron chi connectivity index (χ1n) is 7.71. The molecule has 2 rings (SSSR count). The number of nitrogens with zero attached hydrogens (tertiary/aromatic N) is 1. The van der Waals surface area contributed by atoms with Crippen molar-refractivity contribution >= 4 is 23.6 Å². The molecule has 1 amide bonds. The predicted molar refractivity (Wildman–Crippen MR) is 97.5 cm³/mol. The van der Waals surface area contributed by atoms with Crippen molar-refractivity contribution in [2.75, 3.05) is 0 Å². The number of benzene rings is 1. The van der Waals surface area contributed by atoms with Gasteiger partial charge in [-0.15, -0.1) is 0 Å². The SMILES string of the molecule is CC(=O)N[C@@H](C)/C=C/c1ccc(Oc2cc(C)c(C)cc2Cl)nc1. The Morgan fingerprint density at radius 1 is 1.29 bits per heavy atom. The van der Waals surface area contributed by atoms with Gasteiger partial charge in [0, 0.05) is 25.2 Å². The Hall–Kier alpha value is -2.33. The van der Waals surface area contributed by atoms with Crippen molar-refractivity contribution in [3.63, 3.8) is 0 Å². The average molecular weight is 345 g/mol. The molecule has 0 fully saturated rings. The highest BCUT2D eigenvalue weighted by atomic mass is 35.5. The van der Waals surface area contributed by atoms with Gasteiger partial charge >= 0.3 is 0 Å². The number of hydrogen-bond donors (Lipinski definition) is 1. The Morgan fingerprint density at radius 2 is 2.00 bits per heavy atom. The molecule has 1 aromatic carbocycles. The summed E-state index contributed by atoms with van der Waals surface area (Å²) >= 11 is 6.21. The standard InChI is InChI=1S/C19H21ClN2O2/c1-12-9-17(20)18(10-13(12)2)24-19-8-7-16(11-21-19)6-5-14(3)22-15(4)23/h5-11,14H,1-4H3,(H,22,23)/b6-5+/t14-/m0/s1. The quantitative estimate of drug-likeness (QED) is 0.856. The fourth-order valence-corrected chi connectivity index (χ4v) is 2.38. The maximum atomic E-state index is 11.0. The Kier molecular flexibility index (Phi) is 5.99. The van der Waals surface area contributed by atoms with E-state index in [1.54, 1.807) is 12.3 Å². The summed E-state index contributed by atoms with van der Waals surface area (Å²) in [6.45, 7) is 7.42. The Labute approximate surface area is 147 Å². The van der Waals surface area contributed by atoms with Gasteiger partial charge in [0.1, 0.15) is 5.75 Å². The first-order chi connectivity index (χ1) is 11.3. The maximum Gasteiger partial charge on any atom is 0.219 e. The molecule has 1 aromatic heterocycles. The second-order valence-electron chi connectivity index (χ2n) is 5.75. The zero-order chi connectivity index (χ0) is 17.7. The van der Waals surface area contributed by atoms with Gasteiger partial charge in [-0.1, -0.05) is 23.8 Å². The molecule has 0 saturated heterocycles. The molecule has 4 nitrogen and oxygen atoms in total. The number of ether oxygens (including phenoxy) is 1. The van der Waals surface area contributed by atoms with Crippen LogP contribution in [0.3, 0.4) is 0 Å². The lowest BCUT2D eigenvalue weighted by molar-refractivity contribution is -0.119. The number of halogens is 1. The summed E-state index contributed by atoms with van der Waals surface area (Å²) in [5, 5.41) is 3.35. The van der Waals surface area contributed by atoms with Crippen LogP contribution in [0.5, 0.6) is 11.6 Å². The molecular formula is C19H21ClN2O2. The van der Waals surface area contributed by atoms with Crippen LogP contribution in [0.2, 0.25) is 5.02 Å². The van der Waals surface area contributed by atoms with Gasteiger partial charge in [0.15, 0.2) is 0 Å². The van der Waals surface area contributed by atoms with Crippen LogP contribution < -0.4 is 10.1 Å². The van der Waals surface area contributed by atoms with E-state index in [9.17, 15) is 4.79 Å². The molecule has 5 heteroatoms. The van der Waals surface area contributed by atoms with Crippen LogP contribution in [-0.2, 0) is 4.79 Å². The minimum atomic E-state index is -0.0562. The van der Waals surface area contributed by atoms with Crippen molar-refractivity contribution in [1.29, 1.82) is 0 Å². The van der Waals surface area contributed by atoms with Crippen LogP contribution >= 0.6 is 11.6 Å². The molecule has 0 bridgehead atoms. The summed E-state index contributed by atoms with van der Waals surface area (Å²) in [6, 6.07) is 7.44. The molecular weight excluding hydrogens is 324 g/mol. The van der Waals surface area contributed by atoms with Gasteiger partial charge < -0.3 is 10.1 Å². The van der Waals surface area contributed by atoms with Crippen molar-refractivity contribution in [2.45, 2.75) is 33.7 Å². The minimum absolute atomic E-state index is 0.0345. The molecule has 1 N–H and O–H groups in total. The highest BCUT2D eigenvalue weighted by molar-refractivity contribution is 6.32. The lowest BCUT2D eigenvalue weighted by Crippen LogP contribution is -2.28. The minimum Gasteiger partial charge on any atom is -0.437 e. The van der Waals surface area contributed by atoms with Crippen LogP contribution in [0.1, 0.15) is 30.5 Å². The zero-order valence-corrected chi connectivity index (χ0v) is 15.0. The monoisotopic (exact) mass is 344 g/mol. The van der Waals surface area contributed by atoms with Gasteiger partial charge in [-0.3, -0.25) is 4.79 Å². The fourth-order valence-electron chi connectivity index (χ4n) is 2.12. The molecule has 1 heterocycles. The molecule has 24 heavy (non-hydrogen) atoms. The van der Waals surface area contributed by atoms with Gasteiger partial charge in [0.2, 0.25) is 11.8 Å². The number of nitrogens with one attached hydrogen (secondary N) is 1. The summed E-state index contributed by atoms with van der Waals surface area (Å²) in [5.41, 5.74) is 3.15. The molecule has 0 aliphatic rings. The van der Waals surface area contributed by atoms with E-state index in [4.69, 9.17) is 16.3 Å². The van der Waals surface area contributed by atoms with E-state index in [1.165, 1.54) is 6.92 Å². The first kappa shape index (κ1) is 18.0. The van der Waals surface area contributed by atoms with Crippen LogP contribution in [0.4, 0.5) is 0 Å². The highest BCUT2D eigenvalue weighted by Gasteiger charge is 2.07. The fraction of sp³-hybridized carbons (Fsp3) is 0.263. The van der Waals surface area contributed by atoms with E-state index in [2.05, 4.69) is 10.3 Å². The third kappa shape index (κ3) is 5.10. The van der Waals surface area contributed by atoms with Crippen molar-refractivity contribution in [1.82, 2.24) is 10.3 Å². The topological polar surface area (TPSA) is 51.2 Å². The molecule has 0 aliphatic heterocycles. The Balaban J connectivity index is 2.06. The number of carbonyl (C=O) groups is 1. The van der Waals surface area contributed by atoms with Crippen molar-refractivity contribution in [3.8, 4) is 11.6 Å².